The van der Waals surface area contributed by atoms with Crippen molar-refractivity contribution in [1.82, 2.24) is 10.2 Å². The van der Waals surface area contributed by atoms with Crippen LogP contribution in [0, 0.1) is 11.8 Å². The van der Waals surface area contributed by atoms with Crippen LogP contribution in [0.3, 0.4) is 0 Å². The van der Waals surface area contributed by atoms with Gasteiger partial charge in [0.2, 0.25) is 0 Å². The summed E-state index contributed by atoms with van der Waals surface area (Å²) >= 11 is 0. The molecule has 2 aliphatic rings. The molecule has 2 rings (SSSR count). The fourth-order valence-corrected chi connectivity index (χ4v) is 3.21. The van der Waals surface area contributed by atoms with Crippen LogP contribution in [-0.4, -0.2) is 36.1 Å². The summed E-state index contributed by atoms with van der Waals surface area (Å²) in [5.74, 6) is 1.71. The Balaban J connectivity index is 2.01. The summed E-state index contributed by atoms with van der Waals surface area (Å²) in [6.45, 7) is 13.2. The van der Waals surface area contributed by atoms with E-state index in [1.807, 2.05) is 0 Å². The number of nitrogens with one attached hydrogen (secondary N) is 1. The number of hydrogen-bond acceptors (Lipinski definition) is 2. The van der Waals surface area contributed by atoms with Crippen LogP contribution in [0.2, 0.25) is 0 Å². The molecule has 0 aromatic heterocycles. The second-order valence-corrected chi connectivity index (χ2v) is 6.66. The van der Waals surface area contributed by atoms with E-state index in [0.717, 1.165) is 11.8 Å². The maximum Gasteiger partial charge on any atom is 0.0334 e. The van der Waals surface area contributed by atoms with Gasteiger partial charge in [0.25, 0.3) is 0 Å². The van der Waals surface area contributed by atoms with Crippen molar-refractivity contribution in [3.05, 3.63) is 0 Å². The molecule has 1 saturated heterocycles. The Morgan fingerprint density at radius 2 is 2.06 bits per heavy atom. The zero-order valence-electron chi connectivity index (χ0n) is 12.1. The van der Waals surface area contributed by atoms with E-state index in [-0.39, 0.29) is 0 Å². The predicted octanol–water partition coefficient (Wildman–Crippen LogP) is 2.89. The lowest BCUT2D eigenvalue weighted by Gasteiger charge is -2.49. The molecular weight excluding hydrogens is 208 g/mol. The molecule has 1 heterocycles. The Morgan fingerprint density at radius 3 is 2.59 bits per heavy atom. The standard InChI is InChI=1S/C15H30N2/c1-5-6-9-17-10-14(12(2)3)16-11-15(17,4)13-7-8-13/h12-14,16H,5-11H2,1-4H3. The van der Waals surface area contributed by atoms with E-state index in [1.165, 1.54) is 45.3 Å². The fraction of sp³-hybridized carbons (Fsp3) is 1.00. The van der Waals surface area contributed by atoms with Gasteiger partial charge in [0.1, 0.15) is 0 Å². The van der Waals surface area contributed by atoms with Crippen molar-refractivity contribution in [2.24, 2.45) is 11.8 Å². The van der Waals surface area contributed by atoms with Gasteiger partial charge in [0, 0.05) is 24.7 Å². The SMILES string of the molecule is CCCCN1CC(C(C)C)NCC1(C)C1CC1. The van der Waals surface area contributed by atoms with Crippen molar-refractivity contribution in [2.75, 3.05) is 19.6 Å². The van der Waals surface area contributed by atoms with Gasteiger partial charge in [-0.3, -0.25) is 4.90 Å². The van der Waals surface area contributed by atoms with Crippen molar-refractivity contribution in [3.63, 3.8) is 0 Å². The summed E-state index contributed by atoms with van der Waals surface area (Å²) < 4.78 is 0. The second-order valence-electron chi connectivity index (χ2n) is 6.66. The molecule has 100 valence electrons. The first-order valence-corrected chi connectivity index (χ1v) is 7.56. The predicted molar refractivity (Wildman–Crippen MR) is 74.2 cm³/mol. The average Bonchev–Trinajstić information content (AvgIpc) is 3.11. The first-order valence-electron chi connectivity index (χ1n) is 7.56. The van der Waals surface area contributed by atoms with Crippen LogP contribution in [0.15, 0.2) is 0 Å². The lowest BCUT2D eigenvalue weighted by Crippen LogP contribution is -2.65. The molecular formula is C15H30N2. The van der Waals surface area contributed by atoms with Gasteiger partial charge in [-0.15, -0.1) is 0 Å². The van der Waals surface area contributed by atoms with Crippen LogP contribution in [-0.2, 0) is 0 Å². The summed E-state index contributed by atoms with van der Waals surface area (Å²) in [5.41, 5.74) is 0.445. The highest BCUT2D eigenvalue weighted by Crippen LogP contribution is 2.44. The molecule has 1 aliphatic heterocycles. The molecule has 0 aromatic carbocycles. The maximum absolute atomic E-state index is 3.80. The van der Waals surface area contributed by atoms with Crippen LogP contribution in [0.5, 0.6) is 0 Å². The summed E-state index contributed by atoms with van der Waals surface area (Å²) in [6.07, 6.45) is 5.57. The van der Waals surface area contributed by atoms with Gasteiger partial charge >= 0.3 is 0 Å². The van der Waals surface area contributed by atoms with E-state index in [4.69, 9.17) is 0 Å². The van der Waals surface area contributed by atoms with Gasteiger partial charge in [-0.2, -0.15) is 0 Å². The lowest BCUT2D eigenvalue weighted by molar-refractivity contribution is 0.0246. The van der Waals surface area contributed by atoms with Crippen molar-refractivity contribution < 1.29 is 0 Å². The molecule has 0 bridgehead atoms. The van der Waals surface area contributed by atoms with Crippen LogP contribution < -0.4 is 5.32 Å². The molecule has 0 aromatic rings. The molecule has 1 saturated carbocycles. The third-order valence-corrected chi connectivity index (χ3v) is 4.90. The third kappa shape index (κ3) is 2.85. The molecule has 2 atom stereocenters. The molecule has 0 radical (unpaired) electrons. The van der Waals surface area contributed by atoms with Gasteiger partial charge in [-0.05, 0) is 44.6 Å². The highest BCUT2D eigenvalue weighted by atomic mass is 15.3. The van der Waals surface area contributed by atoms with Gasteiger partial charge < -0.3 is 5.32 Å². The Morgan fingerprint density at radius 1 is 1.35 bits per heavy atom. The molecule has 0 spiro atoms. The Labute approximate surface area is 107 Å². The monoisotopic (exact) mass is 238 g/mol. The minimum Gasteiger partial charge on any atom is -0.311 e. The molecule has 2 fully saturated rings. The van der Waals surface area contributed by atoms with Gasteiger partial charge in [0.05, 0.1) is 0 Å². The van der Waals surface area contributed by atoms with E-state index in [1.54, 1.807) is 0 Å². The molecule has 17 heavy (non-hydrogen) atoms. The first-order chi connectivity index (χ1) is 8.08. The molecule has 1 aliphatic carbocycles. The van der Waals surface area contributed by atoms with Crippen LogP contribution >= 0.6 is 0 Å². The first kappa shape index (κ1) is 13.4. The van der Waals surface area contributed by atoms with Crippen LogP contribution in [0.1, 0.15) is 53.4 Å². The number of hydrogen-bond donors (Lipinski definition) is 1. The van der Waals surface area contributed by atoms with Crippen molar-refractivity contribution in [1.29, 1.82) is 0 Å². The second kappa shape index (κ2) is 5.27. The zero-order chi connectivity index (χ0) is 12.5. The zero-order valence-corrected chi connectivity index (χ0v) is 12.1. The van der Waals surface area contributed by atoms with Gasteiger partial charge in [0.15, 0.2) is 0 Å². The van der Waals surface area contributed by atoms with Crippen molar-refractivity contribution in [2.45, 2.75) is 65.0 Å². The smallest absolute Gasteiger partial charge is 0.0334 e. The highest BCUT2D eigenvalue weighted by molar-refractivity contribution is 5.05. The number of piperazine rings is 1. The third-order valence-electron chi connectivity index (χ3n) is 4.90. The summed E-state index contributed by atoms with van der Waals surface area (Å²) in [4.78, 5) is 2.80. The lowest BCUT2D eigenvalue weighted by atomic mass is 9.87. The van der Waals surface area contributed by atoms with Crippen molar-refractivity contribution >= 4 is 0 Å². The topological polar surface area (TPSA) is 15.3 Å². The Bertz CT molecular complexity index is 247. The van der Waals surface area contributed by atoms with E-state index in [0.29, 0.717) is 11.6 Å². The molecule has 1 N–H and O–H groups in total. The summed E-state index contributed by atoms with van der Waals surface area (Å²) in [7, 11) is 0. The van der Waals surface area contributed by atoms with Crippen LogP contribution in [0.4, 0.5) is 0 Å². The summed E-state index contributed by atoms with van der Waals surface area (Å²) in [6, 6.07) is 0.693. The molecule has 2 unspecified atom stereocenters. The Hall–Kier alpha value is -0.0800. The van der Waals surface area contributed by atoms with Crippen LogP contribution in [0.25, 0.3) is 0 Å². The maximum atomic E-state index is 3.80. The van der Waals surface area contributed by atoms with E-state index < -0.39 is 0 Å². The number of unbranched alkanes of at least 4 members (excludes halogenated alkanes) is 1. The quantitative estimate of drug-likeness (QED) is 0.792. The van der Waals surface area contributed by atoms with Gasteiger partial charge in [-0.25, -0.2) is 0 Å². The number of rotatable bonds is 5. The molecule has 2 heteroatoms. The largest absolute Gasteiger partial charge is 0.311 e. The fourth-order valence-electron chi connectivity index (χ4n) is 3.21. The normalized spacial score (nSPS) is 35.5. The minimum absolute atomic E-state index is 0.445. The average molecular weight is 238 g/mol. The molecule has 2 nitrogen and oxygen atoms in total. The number of nitrogens with zero attached hydrogens (tertiary/aromatic N) is 1. The van der Waals surface area contributed by atoms with E-state index in [9.17, 15) is 0 Å². The molecule has 0 amide bonds. The minimum atomic E-state index is 0.445. The Kier molecular flexibility index (Phi) is 4.14. The summed E-state index contributed by atoms with van der Waals surface area (Å²) in [5, 5.41) is 3.80. The van der Waals surface area contributed by atoms with E-state index in [2.05, 4.69) is 37.9 Å². The highest BCUT2D eigenvalue weighted by Gasteiger charge is 2.48. The van der Waals surface area contributed by atoms with Gasteiger partial charge in [-0.1, -0.05) is 27.2 Å². The van der Waals surface area contributed by atoms with Crippen molar-refractivity contribution in [3.8, 4) is 0 Å². The van der Waals surface area contributed by atoms with E-state index >= 15 is 0 Å².